The number of morpholine rings is 1. The number of fused-ring (bicyclic) bond motifs is 5. The third-order valence-corrected chi connectivity index (χ3v) is 15.3. The van der Waals surface area contributed by atoms with Gasteiger partial charge in [0.25, 0.3) is 5.91 Å². The fraction of sp³-hybridized carbons (Fsp3) is 0.630. The van der Waals surface area contributed by atoms with Crippen LogP contribution in [0.4, 0.5) is 4.79 Å². The summed E-state index contributed by atoms with van der Waals surface area (Å²) in [5.41, 5.74) is -1.39. The topological polar surface area (TPSA) is 195 Å². The number of allylic oxidation sites excluding steroid dienone is 1. The van der Waals surface area contributed by atoms with Gasteiger partial charge in [0.15, 0.2) is 5.54 Å². The molecular formula is C46H60N6O10S. The molecule has 0 bridgehead atoms. The van der Waals surface area contributed by atoms with Gasteiger partial charge in [-0.25, -0.2) is 22.9 Å². The maximum atomic E-state index is 14.9. The number of benzene rings is 1. The van der Waals surface area contributed by atoms with Crippen LogP contribution in [0, 0.1) is 24.7 Å². The number of nitrogens with zero attached hydrogens (tertiary/aromatic N) is 3. The van der Waals surface area contributed by atoms with E-state index in [0.717, 1.165) is 48.9 Å². The quantitative estimate of drug-likeness (QED) is 0.257. The van der Waals surface area contributed by atoms with Crippen molar-refractivity contribution in [3.63, 3.8) is 0 Å². The molecule has 0 radical (unpaired) electrons. The lowest BCUT2D eigenvalue weighted by Crippen LogP contribution is -2.68. The highest BCUT2D eigenvalue weighted by Gasteiger charge is 2.58. The number of hydrogen-bond donors (Lipinski definition) is 3. The van der Waals surface area contributed by atoms with Crippen molar-refractivity contribution in [3.8, 4) is 23.3 Å². The molecule has 4 aliphatic heterocycles. The van der Waals surface area contributed by atoms with Crippen molar-refractivity contribution < 1.29 is 46.5 Å². The van der Waals surface area contributed by atoms with Gasteiger partial charge < -0.3 is 34.5 Å². The molecule has 17 heteroatoms. The van der Waals surface area contributed by atoms with Crippen LogP contribution in [-0.2, 0) is 40.3 Å². The van der Waals surface area contributed by atoms with Crippen LogP contribution in [-0.4, -0.2) is 127 Å². The first-order valence-corrected chi connectivity index (χ1v) is 23.8. The van der Waals surface area contributed by atoms with Crippen molar-refractivity contribution in [2.75, 3.05) is 46.0 Å². The Hall–Kier alpha value is -4.92. The van der Waals surface area contributed by atoms with Crippen molar-refractivity contribution in [3.05, 3.63) is 41.6 Å². The van der Waals surface area contributed by atoms with Crippen molar-refractivity contribution in [1.29, 1.82) is 0 Å². The Morgan fingerprint density at radius 2 is 1.87 bits per heavy atom. The number of alkyl carbamates (subject to hydrolysis) is 1. The molecule has 4 amide bonds. The van der Waals surface area contributed by atoms with Crippen LogP contribution < -0.4 is 24.8 Å². The number of aromatic nitrogens is 1. The number of amides is 4. The fourth-order valence-electron chi connectivity index (χ4n) is 9.14. The molecule has 1 saturated carbocycles. The van der Waals surface area contributed by atoms with E-state index in [1.807, 2.05) is 31.2 Å². The van der Waals surface area contributed by atoms with Crippen molar-refractivity contribution in [1.82, 2.24) is 30.1 Å². The average molecular weight is 889 g/mol. The Balaban J connectivity index is 1.10. The lowest BCUT2D eigenvalue weighted by molar-refractivity contribution is -0.142. The monoisotopic (exact) mass is 888 g/mol. The number of aryl methyl sites for hydroxylation is 2. The van der Waals surface area contributed by atoms with Gasteiger partial charge in [-0.2, -0.15) is 0 Å². The summed E-state index contributed by atoms with van der Waals surface area (Å²) in [6.07, 6.45) is 7.71. The number of carbonyl (C=O) groups is 4. The van der Waals surface area contributed by atoms with Gasteiger partial charge in [-0.1, -0.05) is 36.8 Å². The minimum atomic E-state index is -4.09. The summed E-state index contributed by atoms with van der Waals surface area (Å²) >= 11 is 0. The third-order valence-electron chi connectivity index (χ3n) is 13.2. The van der Waals surface area contributed by atoms with Crippen LogP contribution in [0.5, 0.6) is 11.5 Å². The molecule has 1 spiro atoms. The molecule has 6 aliphatic rings. The molecule has 5 heterocycles. The van der Waals surface area contributed by atoms with E-state index in [-0.39, 0.29) is 13.0 Å². The van der Waals surface area contributed by atoms with E-state index in [4.69, 9.17) is 23.9 Å². The largest absolute Gasteiger partial charge is 0.492 e. The molecule has 340 valence electrons. The first-order valence-electron chi connectivity index (χ1n) is 22.3. The fourth-order valence-corrected chi connectivity index (χ4v) is 10.4. The highest BCUT2D eigenvalue weighted by Crippen LogP contribution is 2.46. The van der Waals surface area contributed by atoms with Gasteiger partial charge in [0.1, 0.15) is 41.4 Å². The van der Waals surface area contributed by atoms with E-state index in [9.17, 15) is 27.6 Å². The molecule has 2 aromatic rings. The van der Waals surface area contributed by atoms with Crippen LogP contribution in [0.1, 0.15) is 96.7 Å². The van der Waals surface area contributed by atoms with Crippen molar-refractivity contribution in [2.45, 2.75) is 132 Å². The van der Waals surface area contributed by atoms with Gasteiger partial charge in [-0.05, 0) is 97.8 Å². The minimum Gasteiger partial charge on any atom is -0.492 e. The van der Waals surface area contributed by atoms with Crippen LogP contribution in [0.15, 0.2) is 30.4 Å². The van der Waals surface area contributed by atoms with Gasteiger partial charge in [0.2, 0.25) is 21.8 Å². The molecule has 8 rings (SSSR count). The number of ether oxygens (including phenoxy) is 4. The van der Waals surface area contributed by atoms with Crippen LogP contribution in [0.25, 0.3) is 10.9 Å². The van der Waals surface area contributed by atoms with Crippen molar-refractivity contribution >= 4 is 44.7 Å². The van der Waals surface area contributed by atoms with E-state index in [1.165, 1.54) is 4.90 Å². The Bertz CT molecular complexity index is 2360. The van der Waals surface area contributed by atoms with Gasteiger partial charge in [0, 0.05) is 37.0 Å². The highest BCUT2D eigenvalue weighted by molar-refractivity contribution is 7.91. The first kappa shape index (κ1) is 44.7. The summed E-state index contributed by atoms with van der Waals surface area (Å²) in [6, 6.07) is 3.64. The van der Waals surface area contributed by atoms with Gasteiger partial charge in [0.05, 0.1) is 41.6 Å². The number of nitrogens with one attached hydrogen (secondary N) is 3. The Morgan fingerprint density at radius 3 is 2.59 bits per heavy atom. The molecule has 63 heavy (non-hydrogen) atoms. The number of pyridine rings is 1. The number of sulfonamides is 1. The van der Waals surface area contributed by atoms with E-state index in [0.29, 0.717) is 82.0 Å². The molecule has 3 N–H and O–H groups in total. The molecule has 5 unspecified atom stereocenters. The van der Waals surface area contributed by atoms with Crippen LogP contribution in [0.3, 0.4) is 0 Å². The Kier molecular flexibility index (Phi) is 12.2. The molecule has 1 aromatic carbocycles. The van der Waals surface area contributed by atoms with E-state index >= 15 is 0 Å². The average Bonchev–Trinajstić information content (AvgIpc) is 3.89. The first-order chi connectivity index (χ1) is 29.9. The normalized spacial score (nSPS) is 28.3. The highest BCUT2D eigenvalue weighted by atomic mass is 32.2. The van der Waals surface area contributed by atoms with E-state index < -0.39 is 73.3 Å². The molecule has 2 aliphatic carbocycles. The number of rotatable bonds is 8. The minimum absolute atomic E-state index is 0.00103. The summed E-state index contributed by atoms with van der Waals surface area (Å²) in [5, 5.41) is 6.54. The predicted octanol–water partition coefficient (Wildman–Crippen LogP) is 3.82. The SMILES string of the molecule is Cc1nc2ccc(OCCN3CCOCC3)cc2c2c1OC1(CC2)CC2C(=O)NC3(C(=O)NS(=O)(=O)C4(C)CC4)C#CC3C=CCCCCCC(NC(=O)OC(C)(C)C)C(=O)N2C1. The van der Waals surface area contributed by atoms with Crippen molar-refractivity contribution in [2.24, 2.45) is 5.92 Å². The second kappa shape index (κ2) is 17.2. The zero-order valence-electron chi connectivity index (χ0n) is 37.0. The summed E-state index contributed by atoms with van der Waals surface area (Å²) in [7, 11) is -4.09. The lowest BCUT2D eigenvalue weighted by Gasteiger charge is -2.38. The second-order valence-electron chi connectivity index (χ2n) is 19.2. The molecule has 5 atom stereocenters. The third kappa shape index (κ3) is 9.35. The molecular weight excluding hydrogens is 829 g/mol. The maximum Gasteiger partial charge on any atom is 0.408 e. The smallest absolute Gasteiger partial charge is 0.408 e. The number of hydrogen-bond acceptors (Lipinski definition) is 12. The van der Waals surface area contributed by atoms with Crippen LogP contribution >= 0.6 is 0 Å². The molecule has 1 aromatic heterocycles. The Labute approximate surface area is 369 Å². The van der Waals surface area contributed by atoms with Gasteiger partial charge in [-0.3, -0.25) is 19.3 Å². The molecule has 3 fully saturated rings. The summed E-state index contributed by atoms with van der Waals surface area (Å²) < 4.78 is 52.1. The zero-order chi connectivity index (χ0) is 44.8. The summed E-state index contributed by atoms with van der Waals surface area (Å²) in [4.78, 5) is 65.8. The molecule has 2 saturated heterocycles. The standard InChI is InChI=1S/C46H60N6O10S/c1-30-38-33(34-27-32(13-14-35(34)47-30)60-26-23-51-21-24-59-25-22-51)16-17-45(61-38)28-37-39(53)49-46(41(55)50-63(57,58)44(5)19-20-44)18-15-31(46)11-9-7-6-8-10-12-36(40(54)52(37)29-45)48-42(56)62-43(2,3)4/h9,11,13-14,27,31,36-37H,6-8,10,12,16-17,19-26,28-29H2,1-5H3,(H,48,56)(H,49,53)(H,50,55). The lowest BCUT2D eigenvalue weighted by atomic mass is 9.75. The zero-order valence-corrected chi connectivity index (χ0v) is 37.8. The number of carbonyl (C=O) groups excluding carboxylic acids is 4. The maximum absolute atomic E-state index is 14.9. The van der Waals surface area contributed by atoms with Crippen LogP contribution in [0.2, 0.25) is 0 Å². The van der Waals surface area contributed by atoms with Gasteiger partial charge >= 0.3 is 6.09 Å². The Morgan fingerprint density at radius 1 is 1.10 bits per heavy atom. The molecule has 16 nitrogen and oxygen atoms in total. The predicted molar refractivity (Wildman–Crippen MR) is 233 cm³/mol. The van der Waals surface area contributed by atoms with Gasteiger partial charge in [-0.15, -0.1) is 0 Å². The van der Waals surface area contributed by atoms with E-state index in [2.05, 4.69) is 32.1 Å². The van der Waals surface area contributed by atoms with E-state index in [1.54, 1.807) is 33.8 Å². The summed E-state index contributed by atoms with van der Waals surface area (Å²) in [6.45, 7) is 13.1. The summed E-state index contributed by atoms with van der Waals surface area (Å²) in [5.74, 6) is 4.12. The second-order valence-corrected chi connectivity index (χ2v) is 21.3.